The van der Waals surface area contributed by atoms with Crippen molar-refractivity contribution in [3.05, 3.63) is 23.4 Å². The summed E-state index contributed by atoms with van der Waals surface area (Å²) in [4.78, 5) is 4.20. The van der Waals surface area contributed by atoms with Crippen LogP contribution in [0.2, 0.25) is 0 Å². The zero-order valence-corrected chi connectivity index (χ0v) is 9.46. The Labute approximate surface area is 91.1 Å². The molecule has 0 aliphatic carbocycles. The van der Waals surface area contributed by atoms with Crippen molar-refractivity contribution in [1.82, 2.24) is 10.3 Å². The van der Waals surface area contributed by atoms with Crippen molar-refractivity contribution in [3.8, 4) is 0 Å². The van der Waals surface area contributed by atoms with Crippen molar-refractivity contribution in [3.63, 3.8) is 0 Å². The van der Waals surface area contributed by atoms with E-state index in [1.54, 1.807) is 0 Å². The predicted octanol–water partition coefficient (Wildman–Crippen LogP) is 2.18. The van der Waals surface area contributed by atoms with E-state index in [1.165, 1.54) is 24.8 Å². The fraction of sp³-hybridized carbons (Fsp3) is 0.583. The van der Waals surface area contributed by atoms with E-state index < -0.39 is 0 Å². The molecule has 3 heteroatoms. The topological polar surface area (TPSA) is 50.9 Å². The normalized spacial score (nSPS) is 26.5. The van der Waals surface area contributed by atoms with E-state index >= 15 is 0 Å². The Morgan fingerprint density at radius 1 is 1.40 bits per heavy atom. The fourth-order valence-corrected chi connectivity index (χ4v) is 2.32. The van der Waals surface area contributed by atoms with Crippen LogP contribution in [0.15, 0.2) is 12.1 Å². The number of nitrogen functional groups attached to an aromatic ring is 1. The molecule has 15 heavy (non-hydrogen) atoms. The van der Waals surface area contributed by atoms with Crippen molar-refractivity contribution in [2.75, 3.05) is 5.73 Å². The summed E-state index contributed by atoms with van der Waals surface area (Å²) in [5.41, 5.74) is 8.05. The number of aromatic nitrogens is 1. The van der Waals surface area contributed by atoms with Gasteiger partial charge in [-0.15, -0.1) is 0 Å². The van der Waals surface area contributed by atoms with E-state index in [1.807, 2.05) is 13.0 Å². The molecule has 2 heterocycles. The number of pyridine rings is 1. The van der Waals surface area contributed by atoms with Gasteiger partial charge in [0.2, 0.25) is 0 Å². The van der Waals surface area contributed by atoms with E-state index in [0.717, 1.165) is 5.69 Å². The van der Waals surface area contributed by atoms with E-state index in [-0.39, 0.29) is 0 Å². The third-order valence-electron chi connectivity index (χ3n) is 3.01. The Hall–Kier alpha value is -1.09. The van der Waals surface area contributed by atoms with Gasteiger partial charge in [-0.05, 0) is 44.4 Å². The molecule has 1 aromatic heterocycles. The highest BCUT2D eigenvalue weighted by Crippen LogP contribution is 2.26. The summed E-state index contributed by atoms with van der Waals surface area (Å²) < 4.78 is 0. The molecule has 1 aliphatic rings. The quantitative estimate of drug-likeness (QED) is 0.738. The van der Waals surface area contributed by atoms with Crippen molar-refractivity contribution in [1.29, 1.82) is 0 Å². The van der Waals surface area contributed by atoms with Gasteiger partial charge in [-0.1, -0.05) is 6.42 Å². The maximum Gasteiger partial charge on any atom is 0.123 e. The minimum Gasteiger partial charge on any atom is -0.384 e. The summed E-state index contributed by atoms with van der Waals surface area (Å²) in [6, 6.07) is 5.19. The van der Waals surface area contributed by atoms with Gasteiger partial charge in [0, 0.05) is 17.8 Å². The lowest BCUT2D eigenvalue weighted by Gasteiger charge is -2.29. The molecule has 3 N–H and O–H groups in total. The predicted molar refractivity (Wildman–Crippen MR) is 62.6 cm³/mol. The lowest BCUT2D eigenvalue weighted by atomic mass is 9.94. The van der Waals surface area contributed by atoms with Crippen molar-refractivity contribution >= 4 is 5.82 Å². The number of nitrogens with one attached hydrogen (secondary N) is 1. The van der Waals surface area contributed by atoms with Crippen LogP contribution in [-0.4, -0.2) is 11.0 Å². The first-order valence-electron chi connectivity index (χ1n) is 5.65. The summed E-state index contributed by atoms with van der Waals surface area (Å²) in [5.74, 6) is 0.630. The van der Waals surface area contributed by atoms with Crippen molar-refractivity contribution in [2.24, 2.45) is 0 Å². The monoisotopic (exact) mass is 205 g/mol. The summed E-state index contributed by atoms with van der Waals surface area (Å²) in [5, 5.41) is 3.60. The van der Waals surface area contributed by atoms with Crippen LogP contribution in [0.3, 0.4) is 0 Å². The number of hydrogen-bond donors (Lipinski definition) is 2. The van der Waals surface area contributed by atoms with Crippen molar-refractivity contribution in [2.45, 2.75) is 45.2 Å². The van der Waals surface area contributed by atoms with Gasteiger partial charge >= 0.3 is 0 Å². The molecule has 1 aliphatic heterocycles. The molecule has 1 fully saturated rings. The van der Waals surface area contributed by atoms with Crippen LogP contribution < -0.4 is 11.1 Å². The molecule has 0 radical (unpaired) electrons. The van der Waals surface area contributed by atoms with Crippen LogP contribution in [0.4, 0.5) is 5.82 Å². The molecular formula is C12H19N3. The first kappa shape index (κ1) is 10.4. The average Bonchev–Trinajstić information content (AvgIpc) is 2.16. The van der Waals surface area contributed by atoms with Gasteiger partial charge in [-0.25, -0.2) is 4.98 Å². The molecule has 82 valence electrons. The number of aryl methyl sites for hydroxylation is 1. The van der Waals surface area contributed by atoms with Gasteiger partial charge in [0.15, 0.2) is 0 Å². The highest BCUT2D eigenvalue weighted by molar-refractivity contribution is 5.36. The Bertz CT molecular complexity index is 328. The standard InChI is InChI=1S/C12H19N3/c1-8-4-3-5-11(14-8)10-6-9(2)15-12(13)7-10/h6-8,11,14H,3-5H2,1-2H3,(H2,13,15). The molecule has 0 saturated carbocycles. The molecular weight excluding hydrogens is 186 g/mol. The number of nitrogens with zero attached hydrogens (tertiary/aromatic N) is 1. The Kier molecular flexibility index (Phi) is 2.91. The highest BCUT2D eigenvalue weighted by Gasteiger charge is 2.19. The molecule has 0 bridgehead atoms. The van der Waals surface area contributed by atoms with Gasteiger partial charge in [0.1, 0.15) is 5.82 Å². The third kappa shape index (κ3) is 2.48. The molecule has 2 unspecified atom stereocenters. The number of anilines is 1. The second kappa shape index (κ2) is 4.19. The number of hydrogen-bond acceptors (Lipinski definition) is 3. The SMILES string of the molecule is Cc1cc(C2CCCC(C)N2)cc(N)n1. The van der Waals surface area contributed by atoms with Gasteiger partial charge < -0.3 is 11.1 Å². The van der Waals surface area contributed by atoms with Crippen LogP contribution in [0.25, 0.3) is 0 Å². The van der Waals surface area contributed by atoms with Gasteiger partial charge in [-0.2, -0.15) is 0 Å². The molecule has 1 aromatic rings. The van der Waals surface area contributed by atoms with Gasteiger partial charge in [-0.3, -0.25) is 0 Å². The Balaban J connectivity index is 2.20. The Morgan fingerprint density at radius 2 is 2.20 bits per heavy atom. The highest BCUT2D eigenvalue weighted by atomic mass is 15.0. The van der Waals surface area contributed by atoms with E-state index in [2.05, 4.69) is 23.3 Å². The summed E-state index contributed by atoms with van der Waals surface area (Å²) in [6.07, 6.45) is 3.77. The van der Waals surface area contributed by atoms with E-state index in [0.29, 0.717) is 17.9 Å². The molecule has 3 nitrogen and oxygen atoms in total. The van der Waals surface area contributed by atoms with Crippen molar-refractivity contribution < 1.29 is 0 Å². The van der Waals surface area contributed by atoms with Gasteiger partial charge in [0.05, 0.1) is 0 Å². The lowest BCUT2D eigenvalue weighted by Crippen LogP contribution is -2.34. The second-order valence-corrected chi connectivity index (χ2v) is 4.52. The summed E-state index contributed by atoms with van der Waals surface area (Å²) in [6.45, 7) is 4.23. The number of piperidine rings is 1. The fourth-order valence-electron chi connectivity index (χ4n) is 2.32. The molecule has 1 saturated heterocycles. The first-order valence-corrected chi connectivity index (χ1v) is 5.65. The first-order chi connectivity index (χ1) is 7.15. The third-order valence-corrected chi connectivity index (χ3v) is 3.01. The van der Waals surface area contributed by atoms with Crippen LogP contribution >= 0.6 is 0 Å². The number of rotatable bonds is 1. The van der Waals surface area contributed by atoms with Crippen LogP contribution in [0.1, 0.15) is 43.5 Å². The molecule has 0 aromatic carbocycles. The van der Waals surface area contributed by atoms with Crippen LogP contribution in [-0.2, 0) is 0 Å². The largest absolute Gasteiger partial charge is 0.384 e. The molecule has 2 rings (SSSR count). The zero-order chi connectivity index (χ0) is 10.8. The Morgan fingerprint density at radius 3 is 2.87 bits per heavy atom. The van der Waals surface area contributed by atoms with E-state index in [4.69, 9.17) is 5.73 Å². The molecule has 2 atom stereocenters. The lowest BCUT2D eigenvalue weighted by molar-refractivity contribution is 0.341. The minimum atomic E-state index is 0.456. The minimum absolute atomic E-state index is 0.456. The average molecular weight is 205 g/mol. The maximum atomic E-state index is 5.76. The van der Waals surface area contributed by atoms with Crippen LogP contribution in [0, 0.1) is 6.92 Å². The smallest absolute Gasteiger partial charge is 0.123 e. The van der Waals surface area contributed by atoms with E-state index in [9.17, 15) is 0 Å². The molecule has 0 spiro atoms. The maximum absolute atomic E-state index is 5.76. The second-order valence-electron chi connectivity index (χ2n) is 4.52. The summed E-state index contributed by atoms with van der Waals surface area (Å²) >= 11 is 0. The number of nitrogens with two attached hydrogens (primary N) is 1. The van der Waals surface area contributed by atoms with Crippen LogP contribution in [0.5, 0.6) is 0 Å². The summed E-state index contributed by atoms with van der Waals surface area (Å²) in [7, 11) is 0. The zero-order valence-electron chi connectivity index (χ0n) is 9.46. The molecule has 0 amide bonds. The van der Waals surface area contributed by atoms with Gasteiger partial charge in [0.25, 0.3) is 0 Å².